The summed E-state index contributed by atoms with van der Waals surface area (Å²) < 4.78 is 5.14. The van der Waals surface area contributed by atoms with E-state index in [1.165, 1.54) is 0 Å². The van der Waals surface area contributed by atoms with Crippen LogP contribution in [-0.2, 0) is 0 Å². The van der Waals surface area contributed by atoms with Crippen molar-refractivity contribution in [2.45, 2.75) is 0 Å². The molecule has 102 valence electrons. The lowest BCUT2D eigenvalue weighted by atomic mass is 10.1. The lowest BCUT2D eigenvalue weighted by molar-refractivity contribution is 0.415. The van der Waals surface area contributed by atoms with E-state index in [1.54, 1.807) is 13.3 Å². The molecule has 0 aliphatic heterocycles. The minimum Gasteiger partial charge on any atom is -0.497 e. The normalized spacial score (nSPS) is 10.9. The van der Waals surface area contributed by atoms with Gasteiger partial charge in [-0.15, -0.1) is 0 Å². The smallest absolute Gasteiger partial charge is 0.184 e. The summed E-state index contributed by atoms with van der Waals surface area (Å²) in [5.41, 5.74) is 10.3. The van der Waals surface area contributed by atoms with Gasteiger partial charge in [-0.3, -0.25) is 10.4 Å². The zero-order chi connectivity index (χ0) is 14.4. The maximum Gasteiger partial charge on any atom is 0.184 e. The molecule has 0 saturated heterocycles. The minimum atomic E-state index is 0.104. The quantitative estimate of drug-likeness (QED) is 0.508. The lowest BCUT2D eigenvalue weighted by Crippen LogP contribution is -2.26. The van der Waals surface area contributed by atoms with Gasteiger partial charge in [0.1, 0.15) is 11.5 Å². The van der Waals surface area contributed by atoms with Gasteiger partial charge in [-0.2, -0.15) is 5.10 Å². The molecule has 1 aromatic carbocycles. The highest BCUT2D eigenvalue weighted by atomic mass is 32.1. The van der Waals surface area contributed by atoms with Crippen molar-refractivity contribution in [1.29, 1.82) is 0 Å². The number of nitrogens with zero attached hydrogens (tertiary/aromatic N) is 2. The number of pyridine rings is 1. The van der Waals surface area contributed by atoms with E-state index < -0.39 is 0 Å². The number of hydrogen-bond acceptors (Lipinski definition) is 4. The van der Waals surface area contributed by atoms with E-state index in [4.69, 9.17) is 22.7 Å². The summed E-state index contributed by atoms with van der Waals surface area (Å²) in [6.45, 7) is 0. The van der Waals surface area contributed by atoms with Crippen LogP contribution in [-0.4, -0.2) is 22.9 Å². The molecule has 0 aliphatic rings. The molecule has 0 radical (unpaired) electrons. The molecule has 6 heteroatoms. The van der Waals surface area contributed by atoms with Crippen LogP contribution in [0.1, 0.15) is 11.3 Å². The lowest BCUT2D eigenvalue weighted by Gasteiger charge is -2.07. The van der Waals surface area contributed by atoms with Crippen LogP contribution in [0.15, 0.2) is 53.8 Å². The number of benzene rings is 1. The highest BCUT2D eigenvalue weighted by molar-refractivity contribution is 7.80. The topological polar surface area (TPSA) is 72.5 Å². The number of thiocarbonyl (C=S) groups is 1. The fraction of sp³-hybridized carbons (Fsp3) is 0.0714. The first-order valence-electron chi connectivity index (χ1n) is 5.89. The number of ether oxygens (including phenoxy) is 1. The molecule has 3 N–H and O–H groups in total. The predicted molar refractivity (Wildman–Crippen MR) is 82.8 cm³/mol. The number of hydrogen-bond donors (Lipinski definition) is 2. The van der Waals surface area contributed by atoms with Crippen LogP contribution in [0.5, 0.6) is 5.75 Å². The summed E-state index contributed by atoms with van der Waals surface area (Å²) in [6.07, 6.45) is 1.70. The predicted octanol–water partition coefficient (Wildman–Crippen LogP) is 1.68. The first kappa shape index (κ1) is 14.0. The molecule has 0 aliphatic carbocycles. The zero-order valence-electron chi connectivity index (χ0n) is 10.9. The van der Waals surface area contributed by atoms with E-state index in [2.05, 4.69) is 15.5 Å². The van der Waals surface area contributed by atoms with Crippen LogP contribution in [0.3, 0.4) is 0 Å². The van der Waals surface area contributed by atoms with Gasteiger partial charge in [0, 0.05) is 11.8 Å². The van der Waals surface area contributed by atoms with Gasteiger partial charge in [0.2, 0.25) is 0 Å². The van der Waals surface area contributed by atoms with Gasteiger partial charge >= 0.3 is 0 Å². The number of nitrogens with one attached hydrogen (secondary N) is 1. The molecule has 0 spiro atoms. The van der Waals surface area contributed by atoms with Crippen molar-refractivity contribution in [2.24, 2.45) is 10.8 Å². The molecule has 0 atom stereocenters. The van der Waals surface area contributed by atoms with Gasteiger partial charge in [-0.05, 0) is 48.6 Å². The van der Waals surface area contributed by atoms with Crippen LogP contribution in [0.25, 0.3) is 0 Å². The average molecular weight is 286 g/mol. The molecule has 2 rings (SSSR count). The number of rotatable bonds is 4. The molecule has 0 fully saturated rings. The third-order valence-corrected chi connectivity index (χ3v) is 2.64. The molecule has 0 unspecified atom stereocenters. The van der Waals surface area contributed by atoms with Crippen LogP contribution in [0.4, 0.5) is 0 Å². The molecular formula is C14H14N4OS. The highest BCUT2D eigenvalue weighted by Crippen LogP contribution is 2.14. The summed E-state index contributed by atoms with van der Waals surface area (Å²) in [5.74, 6) is 0.774. The van der Waals surface area contributed by atoms with Gasteiger partial charge < -0.3 is 10.5 Å². The van der Waals surface area contributed by atoms with Crippen molar-refractivity contribution in [3.8, 4) is 5.75 Å². The Morgan fingerprint density at radius 1 is 1.25 bits per heavy atom. The number of hydrazone groups is 1. The Morgan fingerprint density at radius 3 is 2.55 bits per heavy atom. The van der Waals surface area contributed by atoms with E-state index >= 15 is 0 Å². The second-order valence-corrected chi connectivity index (χ2v) is 4.32. The third-order valence-electron chi connectivity index (χ3n) is 2.55. The van der Waals surface area contributed by atoms with E-state index in [0.29, 0.717) is 5.71 Å². The van der Waals surface area contributed by atoms with E-state index in [9.17, 15) is 0 Å². The summed E-state index contributed by atoms with van der Waals surface area (Å²) in [7, 11) is 1.62. The van der Waals surface area contributed by atoms with Gasteiger partial charge in [0.15, 0.2) is 5.11 Å². The number of methoxy groups -OCH3 is 1. The van der Waals surface area contributed by atoms with Crippen molar-refractivity contribution in [3.63, 3.8) is 0 Å². The number of nitrogens with two attached hydrogens (primary N) is 1. The molecule has 2 aromatic rings. The molecule has 1 aromatic heterocycles. The standard InChI is InChI=1S/C14H14N4OS/c1-19-11-7-5-10(6-8-11)13(17-18-14(15)20)12-4-2-3-9-16-12/h2-9H,1H3,(H3,15,18,20)/b17-13-. The largest absolute Gasteiger partial charge is 0.497 e. The van der Waals surface area contributed by atoms with Gasteiger partial charge in [0.05, 0.1) is 12.8 Å². The summed E-state index contributed by atoms with van der Waals surface area (Å²) in [4.78, 5) is 4.29. The van der Waals surface area contributed by atoms with E-state index in [-0.39, 0.29) is 5.11 Å². The summed E-state index contributed by atoms with van der Waals surface area (Å²) in [6, 6.07) is 13.1. The second-order valence-electron chi connectivity index (χ2n) is 3.88. The van der Waals surface area contributed by atoms with Crippen molar-refractivity contribution in [3.05, 3.63) is 59.9 Å². The van der Waals surface area contributed by atoms with Crippen molar-refractivity contribution in [1.82, 2.24) is 10.4 Å². The van der Waals surface area contributed by atoms with Crippen molar-refractivity contribution < 1.29 is 4.74 Å². The molecule has 20 heavy (non-hydrogen) atoms. The fourth-order valence-corrected chi connectivity index (χ4v) is 1.68. The second kappa shape index (κ2) is 6.63. The average Bonchev–Trinajstić information content (AvgIpc) is 2.49. The van der Waals surface area contributed by atoms with Crippen LogP contribution >= 0.6 is 12.2 Å². The Hall–Kier alpha value is -2.47. The maximum absolute atomic E-state index is 5.42. The molecule has 1 heterocycles. The fourth-order valence-electron chi connectivity index (χ4n) is 1.63. The molecule has 5 nitrogen and oxygen atoms in total. The maximum atomic E-state index is 5.42. The van der Waals surface area contributed by atoms with E-state index in [0.717, 1.165) is 17.0 Å². The van der Waals surface area contributed by atoms with Crippen LogP contribution < -0.4 is 15.9 Å². The Bertz CT molecular complexity index is 611. The van der Waals surface area contributed by atoms with Crippen molar-refractivity contribution >= 4 is 23.0 Å². The highest BCUT2D eigenvalue weighted by Gasteiger charge is 2.08. The van der Waals surface area contributed by atoms with Gasteiger partial charge in [-0.25, -0.2) is 0 Å². The van der Waals surface area contributed by atoms with Gasteiger partial charge in [-0.1, -0.05) is 6.07 Å². The monoisotopic (exact) mass is 286 g/mol. The third kappa shape index (κ3) is 3.52. The zero-order valence-corrected chi connectivity index (χ0v) is 11.7. The SMILES string of the molecule is COc1ccc(/C(=N/NC(N)=S)c2ccccn2)cc1. The van der Waals surface area contributed by atoms with Crippen LogP contribution in [0.2, 0.25) is 0 Å². The first-order chi connectivity index (χ1) is 9.70. The Morgan fingerprint density at radius 2 is 2.00 bits per heavy atom. The Labute approximate surface area is 122 Å². The molecule has 0 amide bonds. The Kier molecular flexibility index (Phi) is 4.62. The molecular weight excluding hydrogens is 272 g/mol. The molecule has 0 saturated carbocycles. The minimum absolute atomic E-state index is 0.104. The summed E-state index contributed by atoms with van der Waals surface area (Å²) >= 11 is 4.77. The van der Waals surface area contributed by atoms with Crippen molar-refractivity contribution in [2.75, 3.05) is 7.11 Å². The van der Waals surface area contributed by atoms with E-state index in [1.807, 2.05) is 42.5 Å². The number of aromatic nitrogens is 1. The van der Waals surface area contributed by atoms with Crippen LogP contribution in [0, 0.1) is 0 Å². The Balaban J connectivity index is 2.40. The summed E-state index contributed by atoms with van der Waals surface area (Å²) in [5, 5.41) is 4.32. The molecule has 0 bridgehead atoms. The van der Waals surface area contributed by atoms with Gasteiger partial charge in [0.25, 0.3) is 0 Å². The first-order valence-corrected chi connectivity index (χ1v) is 6.30.